The molecule has 14 heavy (non-hydrogen) atoms. The molecule has 2 heteroatoms. The Bertz CT molecular complexity index is 192. The van der Waals surface area contributed by atoms with Crippen molar-refractivity contribution >= 4 is 0 Å². The van der Waals surface area contributed by atoms with Crippen molar-refractivity contribution in [2.45, 2.75) is 57.2 Å². The summed E-state index contributed by atoms with van der Waals surface area (Å²) >= 11 is 0. The van der Waals surface area contributed by atoms with Crippen LogP contribution in [-0.2, 0) is 4.74 Å². The fourth-order valence-electron chi connectivity index (χ4n) is 2.25. The number of aliphatic hydroxyl groups excluding tert-OH is 1. The van der Waals surface area contributed by atoms with Crippen LogP contribution >= 0.6 is 0 Å². The molecule has 0 aromatic carbocycles. The lowest BCUT2D eigenvalue weighted by Crippen LogP contribution is -2.41. The molecule has 1 N–H and O–H groups in total. The fourth-order valence-corrected chi connectivity index (χ4v) is 2.25. The highest BCUT2D eigenvalue weighted by molar-refractivity contribution is 5.02. The van der Waals surface area contributed by atoms with Gasteiger partial charge in [0.25, 0.3) is 0 Å². The van der Waals surface area contributed by atoms with Crippen molar-refractivity contribution in [3.63, 3.8) is 0 Å². The average molecular weight is 198 g/mol. The minimum atomic E-state index is -0.373. The summed E-state index contributed by atoms with van der Waals surface area (Å²) in [7, 11) is 1.71. The molecule has 0 saturated heterocycles. The lowest BCUT2D eigenvalue weighted by atomic mass is 9.89. The summed E-state index contributed by atoms with van der Waals surface area (Å²) in [5, 5.41) is 10.1. The van der Waals surface area contributed by atoms with E-state index in [1.165, 1.54) is 12.8 Å². The Morgan fingerprint density at radius 3 is 2.50 bits per heavy atom. The number of hydrogen-bond acceptors (Lipinski definition) is 2. The van der Waals surface area contributed by atoms with Crippen LogP contribution in [0.15, 0.2) is 12.2 Å². The maximum atomic E-state index is 10.1. The molecule has 0 amide bonds. The highest BCUT2D eigenvalue weighted by Gasteiger charge is 2.40. The number of ether oxygens (including phenoxy) is 1. The van der Waals surface area contributed by atoms with Crippen molar-refractivity contribution in [3.8, 4) is 0 Å². The van der Waals surface area contributed by atoms with Gasteiger partial charge in [-0.05, 0) is 25.7 Å². The molecule has 0 spiro atoms. The second-order valence-electron chi connectivity index (χ2n) is 4.30. The normalized spacial score (nSPS) is 22.2. The zero-order chi connectivity index (χ0) is 10.6. The molecule has 1 saturated carbocycles. The Kier molecular flexibility index (Phi) is 4.14. The Morgan fingerprint density at radius 1 is 1.50 bits per heavy atom. The van der Waals surface area contributed by atoms with Crippen LogP contribution in [0.3, 0.4) is 0 Å². The number of aliphatic hydroxyl groups is 1. The predicted octanol–water partition coefficient (Wildman–Crippen LogP) is 2.66. The highest BCUT2D eigenvalue weighted by Crippen LogP contribution is 2.37. The summed E-state index contributed by atoms with van der Waals surface area (Å²) in [6, 6.07) is 0. The van der Waals surface area contributed by atoms with Gasteiger partial charge in [-0.15, -0.1) is 0 Å². The van der Waals surface area contributed by atoms with Crippen molar-refractivity contribution < 1.29 is 9.84 Å². The summed E-state index contributed by atoms with van der Waals surface area (Å²) in [5.74, 6) is 0. The summed E-state index contributed by atoms with van der Waals surface area (Å²) < 4.78 is 5.51. The lowest BCUT2D eigenvalue weighted by Gasteiger charge is -2.33. The largest absolute Gasteiger partial charge is 0.390 e. The molecular weight excluding hydrogens is 176 g/mol. The fraction of sp³-hybridized carbons (Fsp3) is 0.833. The molecule has 2 nitrogen and oxygen atoms in total. The molecule has 1 atom stereocenters. The topological polar surface area (TPSA) is 29.5 Å². The van der Waals surface area contributed by atoms with Crippen molar-refractivity contribution in [1.82, 2.24) is 0 Å². The molecule has 82 valence electrons. The number of rotatable bonds is 5. The minimum absolute atomic E-state index is 0.280. The highest BCUT2D eigenvalue weighted by atomic mass is 16.5. The van der Waals surface area contributed by atoms with Crippen molar-refractivity contribution in [2.75, 3.05) is 7.11 Å². The van der Waals surface area contributed by atoms with Gasteiger partial charge >= 0.3 is 0 Å². The first kappa shape index (κ1) is 11.7. The molecule has 0 aromatic heterocycles. The van der Waals surface area contributed by atoms with E-state index in [9.17, 15) is 5.11 Å². The second-order valence-corrected chi connectivity index (χ2v) is 4.30. The van der Waals surface area contributed by atoms with Crippen LogP contribution in [0.25, 0.3) is 0 Å². The van der Waals surface area contributed by atoms with Crippen molar-refractivity contribution in [3.05, 3.63) is 12.2 Å². The molecule has 0 aromatic rings. The SMILES string of the molecule is C=C(CC)CC(O)C1(OC)CCCC1. The Labute approximate surface area is 87.0 Å². The maximum Gasteiger partial charge on any atom is 0.0939 e. The van der Waals surface area contributed by atoms with Crippen molar-refractivity contribution in [1.29, 1.82) is 0 Å². The van der Waals surface area contributed by atoms with Crippen LogP contribution in [0.5, 0.6) is 0 Å². The zero-order valence-electron chi connectivity index (χ0n) is 9.38. The molecule has 0 bridgehead atoms. The van der Waals surface area contributed by atoms with Gasteiger partial charge in [0.05, 0.1) is 11.7 Å². The maximum absolute atomic E-state index is 10.1. The monoisotopic (exact) mass is 198 g/mol. The van der Waals surface area contributed by atoms with Crippen LogP contribution in [0, 0.1) is 0 Å². The molecule has 1 rings (SSSR count). The van der Waals surface area contributed by atoms with Gasteiger partial charge in [-0.1, -0.05) is 31.9 Å². The van der Waals surface area contributed by atoms with E-state index >= 15 is 0 Å². The Morgan fingerprint density at radius 2 is 2.07 bits per heavy atom. The molecule has 0 aliphatic heterocycles. The molecule has 1 aliphatic carbocycles. The molecule has 1 fully saturated rings. The summed E-state index contributed by atoms with van der Waals surface area (Å²) in [5.41, 5.74) is 0.832. The zero-order valence-corrected chi connectivity index (χ0v) is 9.38. The van der Waals surface area contributed by atoms with Crippen LogP contribution < -0.4 is 0 Å². The van der Waals surface area contributed by atoms with Crippen LogP contribution in [0.2, 0.25) is 0 Å². The summed E-state index contributed by atoms with van der Waals surface area (Å²) in [4.78, 5) is 0. The van der Waals surface area contributed by atoms with E-state index in [0.29, 0.717) is 6.42 Å². The first-order chi connectivity index (χ1) is 6.64. The van der Waals surface area contributed by atoms with Gasteiger partial charge in [0, 0.05) is 7.11 Å². The van der Waals surface area contributed by atoms with Crippen LogP contribution in [0.1, 0.15) is 45.4 Å². The standard InChI is InChI=1S/C12H22O2/c1-4-10(2)9-11(13)12(14-3)7-5-6-8-12/h11,13H,2,4-9H2,1,3H3. The Hall–Kier alpha value is -0.340. The third-order valence-corrected chi connectivity index (χ3v) is 3.45. The lowest BCUT2D eigenvalue weighted by molar-refractivity contribution is -0.0971. The Balaban J connectivity index is 2.55. The van der Waals surface area contributed by atoms with E-state index in [4.69, 9.17) is 4.74 Å². The average Bonchev–Trinajstić information content (AvgIpc) is 2.67. The van der Waals surface area contributed by atoms with E-state index in [2.05, 4.69) is 13.5 Å². The molecule has 0 radical (unpaired) electrons. The number of hydrogen-bond donors (Lipinski definition) is 1. The van der Waals surface area contributed by atoms with Gasteiger partial charge < -0.3 is 9.84 Å². The third kappa shape index (κ3) is 2.37. The van der Waals surface area contributed by atoms with E-state index < -0.39 is 0 Å². The quantitative estimate of drug-likeness (QED) is 0.688. The predicted molar refractivity (Wildman–Crippen MR) is 58.3 cm³/mol. The van der Waals surface area contributed by atoms with Gasteiger partial charge in [-0.2, -0.15) is 0 Å². The van der Waals surface area contributed by atoms with E-state index in [1.807, 2.05) is 0 Å². The summed E-state index contributed by atoms with van der Waals surface area (Å²) in [6.45, 7) is 6.01. The third-order valence-electron chi connectivity index (χ3n) is 3.45. The first-order valence-electron chi connectivity index (χ1n) is 5.54. The molecule has 1 aliphatic rings. The second kappa shape index (κ2) is 4.94. The van der Waals surface area contributed by atoms with Gasteiger partial charge in [0.2, 0.25) is 0 Å². The van der Waals surface area contributed by atoms with E-state index in [-0.39, 0.29) is 11.7 Å². The van der Waals surface area contributed by atoms with Gasteiger partial charge in [-0.25, -0.2) is 0 Å². The molecule has 0 heterocycles. The minimum Gasteiger partial charge on any atom is -0.390 e. The van der Waals surface area contributed by atoms with Crippen molar-refractivity contribution in [2.24, 2.45) is 0 Å². The number of methoxy groups -OCH3 is 1. The van der Waals surface area contributed by atoms with Gasteiger partial charge in [-0.3, -0.25) is 0 Å². The molecule has 1 unspecified atom stereocenters. The first-order valence-corrected chi connectivity index (χ1v) is 5.54. The summed E-state index contributed by atoms with van der Waals surface area (Å²) in [6.07, 6.45) is 5.57. The van der Waals surface area contributed by atoms with E-state index in [0.717, 1.165) is 24.8 Å². The molecular formula is C12H22O2. The smallest absolute Gasteiger partial charge is 0.0939 e. The van der Waals surface area contributed by atoms with Gasteiger partial charge in [0.15, 0.2) is 0 Å². The van der Waals surface area contributed by atoms with Crippen LogP contribution in [0.4, 0.5) is 0 Å². The van der Waals surface area contributed by atoms with Gasteiger partial charge in [0.1, 0.15) is 0 Å². The van der Waals surface area contributed by atoms with Crippen LogP contribution in [-0.4, -0.2) is 23.9 Å². The van der Waals surface area contributed by atoms with E-state index in [1.54, 1.807) is 7.11 Å².